The number of hydrogen-bond donors (Lipinski definition) is 2. The molecule has 0 aromatic heterocycles. The molecule has 2 amide bonds. The van der Waals surface area contributed by atoms with E-state index in [9.17, 15) is 19.2 Å². The second-order valence-corrected chi connectivity index (χ2v) is 5.34. The number of nitrogens with one attached hydrogen (secondary N) is 2. The van der Waals surface area contributed by atoms with Crippen molar-refractivity contribution in [3.63, 3.8) is 0 Å². The Kier molecular flexibility index (Phi) is 7.58. The first-order valence-electron chi connectivity index (χ1n) is 7.70. The first-order valence-corrected chi connectivity index (χ1v) is 7.70. The summed E-state index contributed by atoms with van der Waals surface area (Å²) in [5.74, 6) is -0.924. The third kappa shape index (κ3) is 6.62. The lowest BCUT2D eigenvalue weighted by atomic mass is 10.2. The maximum Gasteiger partial charge on any atom is 0.231 e. The molecule has 0 saturated carbocycles. The van der Waals surface area contributed by atoms with Gasteiger partial charge >= 0.3 is 0 Å². The van der Waals surface area contributed by atoms with Crippen LogP contribution in [0.3, 0.4) is 0 Å². The van der Waals surface area contributed by atoms with E-state index in [1.54, 1.807) is 6.92 Å². The van der Waals surface area contributed by atoms with Gasteiger partial charge in [-0.3, -0.25) is 19.2 Å². The number of hydrogen-bond acceptors (Lipinski definition) is 6. The average Bonchev–Trinajstić information content (AvgIpc) is 2.48. The van der Waals surface area contributed by atoms with Crippen molar-refractivity contribution in [2.75, 3.05) is 24.4 Å². The van der Waals surface area contributed by atoms with Crippen molar-refractivity contribution in [1.29, 1.82) is 0 Å². The molecule has 0 atom stereocenters. The molecule has 0 aliphatic rings. The van der Waals surface area contributed by atoms with Gasteiger partial charge in [0.1, 0.15) is 23.1 Å². The highest BCUT2D eigenvalue weighted by Crippen LogP contribution is 2.36. The first kappa shape index (κ1) is 20.1. The number of carbonyl (C=O) groups is 4. The Morgan fingerprint density at radius 2 is 1.32 bits per heavy atom. The third-order valence-electron chi connectivity index (χ3n) is 2.97. The summed E-state index contributed by atoms with van der Waals surface area (Å²) < 4.78 is 10.7. The number of amides is 2. The lowest BCUT2D eigenvalue weighted by Gasteiger charge is -2.16. The van der Waals surface area contributed by atoms with Crippen LogP contribution < -0.4 is 20.1 Å². The van der Waals surface area contributed by atoms with Gasteiger partial charge in [-0.05, 0) is 20.8 Å². The van der Waals surface area contributed by atoms with E-state index in [1.165, 1.54) is 33.1 Å². The highest BCUT2D eigenvalue weighted by Gasteiger charge is 2.17. The molecule has 0 heterocycles. The van der Waals surface area contributed by atoms with Gasteiger partial charge in [0.25, 0.3) is 0 Å². The summed E-state index contributed by atoms with van der Waals surface area (Å²) in [4.78, 5) is 45.7. The van der Waals surface area contributed by atoms with E-state index >= 15 is 0 Å². The molecule has 1 aromatic carbocycles. The molecule has 1 aromatic rings. The molecular formula is C17H22N2O6. The molecule has 0 unspecified atom stereocenters. The Bertz CT molecular complexity index is 684. The van der Waals surface area contributed by atoms with Crippen molar-refractivity contribution in [2.45, 2.75) is 33.6 Å². The molecule has 0 spiro atoms. The van der Waals surface area contributed by atoms with Crippen LogP contribution >= 0.6 is 0 Å². The molecule has 0 radical (unpaired) electrons. The summed E-state index contributed by atoms with van der Waals surface area (Å²) in [6.45, 7) is 4.72. The van der Waals surface area contributed by atoms with Crippen LogP contribution in [0.2, 0.25) is 0 Å². The monoisotopic (exact) mass is 350 g/mol. The van der Waals surface area contributed by atoms with Crippen LogP contribution in [-0.4, -0.2) is 37.1 Å². The number of rotatable bonds is 9. The van der Waals surface area contributed by atoms with Gasteiger partial charge < -0.3 is 20.1 Å². The highest BCUT2D eigenvalue weighted by atomic mass is 16.5. The molecule has 8 heteroatoms. The largest absolute Gasteiger partial charge is 0.494 e. The Morgan fingerprint density at radius 3 is 1.72 bits per heavy atom. The van der Waals surface area contributed by atoms with Gasteiger partial charge in [0.15, 0.2) is 0 Å². The average molecular weight is 350 g/mol. The Morgan fingerprint density at radius 1 is 0.880 bits per heavy atom. The number of anilines is 2. The van der Waals surface area contributed by atoms with Gasteiger partial charge in [-0.25, -0.2) is 0 Å². The van der Waals surface area contributed by atoms with Gasteiger partial charge in [-0.15, -0.1) is 0 Å². The van der Waals surface area contributed by atoms with E-state index in [0.29, 0.717) is 23.7 Å². The molecule has 25 heavy (non-hydrogen) atoms. The van der Waals surface area contributed by atoms with Crippen molar-refractivity contribution in [3.05, 3.63) is 12.1 Å². The number of benzene rings is 1. The molecule has 0 bridgehead atoms. The normalized spacial score (nSPS) is 9.92. The number of Topliss-reactive ketones (excluding diaryl/α,β-unsaturated/α-hetero) is 2. The number of ketones is 2. The van der Waals surface area contributed by atoms with Crippen LogP contribution in [0.25, 0.3) is 0 Å². The third-order valence-corrected chi connectivity index (χ3v) is 2.97. The van der Waals surface area contributed by atoms with Crippen molar-refractivity contribution in [1.82, 2.24) is 0 Å². The minimum absolute atomic E-state index is 0.259. The number of ether oxygens (including phenoxy) is 2. The molecule has 0 aliphatic carbocycles. The highest BCUT2D eigenvalue weighted by molar-refractivity contribution is 6.06. The number of carbonyl (C=O) groups excluding carboxylic acids is 4. The standard InChI is InChI=1S/C17H22N2O6/c1-5-25-15-9-12(18-16(22)6-10(2)20)14(24-4)8-13(15)19-17(23)7-11(3)21/h8-9H,5-7H2,1-4H3,(H,18,22)(H,19,23). The van der Waals surface area contributed by atoms with Crippen molar-refractivity contribution < 1.29 is 28.7 Å². The molecule has 8 nitrogen and oxygen atoms in total. The predicted molar refractivity (Wildman–Crippen MR) is 92.0 cm³/mol. The van der Waals surface area contributed by atoms with Crippen molar-refractivity contribution >= 4 is 34.8 Å². The zero-order valence-electron chi connectivity index (χ0n) is 14.7. The maximum absolute atomic E-state index is 11.8. The van der Waals surface area contributed by atoms with Crippen LogP contribution in [0.4, 0.5) is 11.4 Å². The molecule has 0 fully saturated rings. The van der Waals surface area contributed by atoms with E-state index < -0.39 is 11.8 Å². The van der Waals surface area contributed by atoms with Crippen LogP contribution in [0.15, 0.2) is 12.1 Å². The number of methoxy groups -OCH3 is 1. The predicted octanol–water partition coefficient (Wildman–Crippen LogP) is 1.93. The van der Waals surface area contributed by atoms with E-state index in [2.05, 4.69) is 10.6 Å². The molecule has 0 aliphatic heterocycles. The second-order valence-electron chi connectivity index (χ2n) is 5.34. The summed E-state index contributed by atoms with van der Waals surface area (Å²) in [7, 11) is 1.40. The fourth-order valence-corrected chi connectivity index (χ4v) is 2.04. The minimum atomic E-state index is -0.485. The lowest BCUT2D eigenvalue weighted by molar-refractivity contribution is -0.125. The second kappa shape index (κ2) is 9.41. The Hall–Kier alpha value is -2.90. The fraction of sp³-hybridized carbons (Fsp3) is 0.412. The lowest BCUT2D eigenvalue weighted by Crippen LogP contribution is -2.17. The van der Waals surface area contributed by atoms with Crippen LogP contribution in [-0.2, 0) is 19.2 Å². The zero-order valence-corrected chi connectivity index (χ0v) is 14.7. The van der Waals surface area contributed by atoms with Crippen molar-refractivity contribution in [3.8, 4) is 11.5 Å². The van der Waals surface area contributed by atoms with E-state index in [1.807, 2.05) is 0 Å². The van der Waals surface area contributed by atoms with Gasteiger partial charge in [-0.2, -0.15) is 0 Å². The zero-order chi connectivity index (χ0) is 19.0. The summed E-state index contributed by atoms with van der Waals surface area (Å²) >= 11 is 0. The summed E-state index contributed by atoms with van der Waals surface area (Å²) in [5.41, 5.74) is 0.622. The minimum Gasteiger partial charge on any atom is -0.494 e. The summed E-state index contributed by atoms with van der Waals surface area (Å²) in [6.07, 6.45) is -0.519. The fourth-order valence-electron chi connectivity index (χ4n) is 2.04. The molecule has 1 rings (SSSR count). The van der Waals surface area contributed by atoms with Gasteiger partial charge in [0, 0.05) is 12.1 Å². The van der Waals surface area contributed by atoms with E-state index in [4.69, 9.17) is 9.47 Å². The van der Waals surface area contributed by atoms with E-state index in [-0.39, 0.29) is 30.2 Å². The molecule has 2 N–H and O–H groups in total. The molecule has 0 saturated heterocycles. The van der Waals surface area contributed by atoms with Crippen LogP contribution in [0.1, 0.15) is 33.6 Å². The van der Waals surface area contributed by atoms with Gasteiger partial charge in [0.05, 0.1) is 37.9 Å². The van der Waals surface area contributed by atoms with Gasteiger partial charge in [-0.1, -0.05) is 0 Å². The molecular weight excluding hydrogens is 328 g/mol. The van der Waals surface area contributed by atoms with Crippen LogP contribution in [0, 0.1) is 0 Å². The quantitative estimate of drug-likeness (QED) is 0.658. The SMILES string of the molecule is CCOc1cc(NC(=O)CC(C)=O)c(OC)cc1NC(=O)CC(C)=O. The Labute approximate surface area is 145 Å². The summed E-state index contributed by atoms with van der Waals surface area (Å²) in [5, 5.41) is 5.16. The van der Waals surface area contributed by atoms with E-state index in [0.717, 1.165) is 0 Å². The smallest absolute Gasteiger partial charge is 0.231 e. The van der Waals surface area contributed by atoms with Crippen molar-refractivity contribution in [2.24, 2.45) is 0 Å². The maximum atomic E-state index is 11.8. The van der Waals surface area contributed by atoms with Crippen LogP contribution in [0.5, 0.6) is 11.5 Å². The topological polar surface area (TPSA) is 111 Å². The first-order chi connectivity index (χ1) is 11.8. The molecule has 136 valence electrons. The van der Waals surface area contributed by atoms with Gasteiger partial charge in [0.2, 0.25) is 11.8 Å². The summed E-state index contributed by atoms with van der Waals surface area (Å²) in [6, 6.07) is 2.97. The Balaban J connectivity index is 3.13.